The molecule has 0 aromatic heterocycles. The Hall–Kier alpha value is -1.08. The van der Waals surface area contributed by atoms with Gasteiger partial charge >= 0.3 is 12.1 Å². The number of ether oxygens (including phenoxy) is 2. The molecule has 21 heavy (non-hydrogen) atoms. The minimum Gasteiger partial charge on any atom is -0.456 e. The molecule has 7 heteroatoms. The Morgan fingerprint density at radius 3 is 2.52 bits per heavy atom. The van der Waals surface area contributed by atoms with Crippen LogP contribution in [0.1, 0.15) is 40.0 Å². The summed E-state index contributed by atoms with van der Waals surface area (Å²) in [6, 6.07) is 0. The lowest BCUT2D eigenvalue weighted by Gasteiger charge is -2.35. The zero-order valence-electron chi connectivity index (χ0n) is 12.4. The van der Waals surface area contributed by atoms with Crippen molar-refractivity contribution in [3.63, 3.8) is 0 Å². The average molecular weight is 310 g/mol. The van der Waals surface area contributed by atoms with Gasteiger partial charge in [-0.3, -0.25) is 0 Å². The number of carbonyl (C=O) groups excluding carboxylic acids is 1. The maximum Gasteiger partial charge on any atom is 0.419 e. The van der Waals surface area contributed by atoms with E-state index in [1.54, 1.807) is 6.92 Å². The molecule has 0 spiro atoms. The van der Waals surface area contributed by atoms with Crippen molar-refractivity contribution >= 4 is 5.97 Å². The summed E-state index contributed by atoms with van der Waals surface area (Å²) in [7, 11) is 0. The minimum absolute atomic E-state index is 0.214. The first-order chi connectivity index (χ1) is 9.39. The molecule has 122 valence electrons. The van der Waals surface area contributed by atoms with Gasteiger partial charge in [0.15, 0.2) is 5.60 Å². The van der Waals surface area contributed by atoms with Gasteiger partial charge in [-0.15, -0.1) is 0 Å². The van der Waals surface area contributed by atoms with Crippen LogP contribution in [-0.4, -0.2) is 41.2 Å². The van der Waals surface area contributed by atoms with E-state index in [4.69, 9.17) is 9.47 Å². The SMILES string of the molecule is C=C(C)C(=O)OC1CCCC1(C)OCC(C)(O)C(F)(F)F. The Kier molecular flexibility index (Phi) is 5.10. The van der Waals surface area contributed by atoms with Crippen LogP contribution in [-0.2, 0) is 14.3 Å². The first kappa shape index (κ1) is 18.0. The van der Waals surface area contributed by atoms with Gasteiger partial charge in [-0.25, -0.2) is 4.79 Å². The topological polar surface area (TPSA) is 55.8 Å². The van der Waals surface area contributed by atoms with E-state index in [1.165, 1.54) is 6.92 Å². The quantitative estimate of drug-likeness (QED) is 0.626. The van der Waals surface area contributed by atoms with E-state index >= 15 is 0 Å². The van der Waals surface area contributed by atoms with E-state index in [0.717, 1.165) is 0 Å². The number of alkyl halides is 3. The molecule has 3 atom stereocenters. The molecule has 0 amide bonds. The van der Waals surface area contributed by atoms with Crippen LogP contribution in [0.3, 0.4) is 0 Å². The lowest BCUT2D eigenvalue weighted by atomic mass is 10.0. The molecule has 1 aliphatic rings. The summed E-state index contributed by atoms with van der Waals surface area (Å²) in [5, 5.41) is 9.41. The van der Waals surface area contributed by atoms with Crippen molar-refractivity contribution in [2.24, 2.45) is 0 Å². The standard InChI is InChI=1S/C14H21F3O4/c1-9(2)11(18)21-10-6-5-7-12(10,3)20-8-13(4,19)14(15,16)17/h10,19H,1,5-8H2,2-4H3. The van der Waals surface area contributed by atoms with Crippen LogP contribution in [0.2, 0.25) is 0 Å². The number of aliphatic hydroxyl groups is 1. The van der Waals surface area contributed by atoms with Crippen LogP contribution in [0.15, 0.2) is 12.2 Å². The van der Waals surface area contributed by atoms with Crippen molar-refractivity contribution in [1.29, 1.82) is 0 Å². The lowest BCUT2D eigenvalue weighted by Crippen LogP contribution is -2.50. The molecule has 4 nitrogen and oxygen atoms in total. The summed E-state index contributed by atoms with van der Waals surface area (Å²) in [6.07, 6.45) is -3.81. The molecule has 0 heterocycles. The molecule has 1 fully saturated rings. The van der Waals surface area contributed by atoms with Gasteiger partial charge in [0.25, 0.3) is 0 Å². The fourth-order valence-electron chi connectivity index (χ4n) is 2.07. The maximum absolute atomic E-state index is 12.6. The van der Waals surface area contributed by atoms with Gasteiger partial charge in [0.2, 0.25) is 0 Å². The molecular weight excluding hydrogens is 289 g/mol. The van der Waals surface area contributed by atoms with Gasteiger partial charge in [-0.1, -0.05) is 6.58 Å². The zero-order valence-corrected chi connectivity index (χ0v) is 12.4. The van der Waals surface area contributed by atoms with E-state index < -0.39 is 36.1 Å². The minimum atomic E-state index is -4.79. The van der Waals surface area contributed by atoms with Gasteiger partial charge < -0.3 is 14.6 Å². The zero-order chi connectivity index (χ0) is 16.5. The number of halogens is 3. The Bertz CT molecular complexity index is 417. The van der Waals surface area contributed by atoms with Crippen molar-refractivity contribution in [1.82, 2.24) is 0 Å². The van der Waals surface area contributed by atoms with Crippen molar-refractivity contribution in [3.8, 4) is 0 Å². The third-order valence-electron chi connectivity index (χ3n) is 3.71. The summed E-state index contributed by atoms with van der Waals surface area (Å²) >= 11 is 0. The summed E-state index contributed by atoms with van der Waals surface area (Å²) in [6.45, 7) is 6.28. The van der Waals surface area contributed by atoms with Gasteiger partial charge in [0.1, 0.15) is 11.7 Å². The van der Waals surface area contributed by atoms with Crippen LogP contribution in [0.25, 0.3) is 0 Å². The highest BCUT2D eigenvalue weighted by atomic mass is 19.4. The molecule has 1 saturated carbocycles. The summed E-state index contributed by atoms with van der Waals surface area (Å²) in [4.78, 5) is 11.5. The molecule has 0 saturated heterocycles. The molecule has 1 N–H and O–H groups in total. The molecule has 1 aliphatic carbocycles. The second-order valence-electron chi connectivity index (χ2n) is 5.94. The first-order valence-corrected chi connectivity index (χ1v) is 6.68. The molecule has 0 bridgehead atoms. The van der Waals surface area contributed by atoms with Crippen LogP contribution in [0.5, 0.6) is 0 Å². The Balaban J connectivity index is 2.71. The summed E-state index contributed by atoms with van der Waals surface area (Å²) in [5.41, 5.74) is -3.77. The lowest BCUT2D eigenvalue weighted by molar-refractivity contribution is -0.280. The number of rotatable bonds is 5. The van der Waals surface area contributed by atoms with Crippen LogP contribution >= 0.6 is 0 Å². The Morgan fingerprint density at radius 2 is 2.05 bits per heavy atom. The van der Waals surface area contributed by atoms with E-state index in [9.17, 15) is 23.1 Å². The van der Waals surface area contributed by atoms with E-state index in [1.807, 2.05) is 0 Å². The normalized spacial score (nSPS) is 29.0. The van der Waals surface area contributed by atoms with Crippen LogP contribution < -0.4 is 0 Å². The molecule has 0 aromatic rings. The van der Waals surface area contributed by atoms with Crippen molar-refractivity contribution in [3.05, 3.63) is 12.2 Å². The third kappa shape index (κ3) is 4.20. The highest BCUT2D eigenvalue weighted by Crippen LogP contribution is 2.38. The molecule has 3 unspecified atom stereocenters. The van der Waals surface area contributed by atoms with Gasteiger partial charge in [-0.2, -0.15) is 13.2 Å². The van der Waals surface area contributed by atoms with Gasteiger partial charge in [0, 0.05) is 5.57 Å². The smallest absolute Gasteiger partial charge is 0.419 e. The fourth-order valence-corrected chi connectivity index (χ4v) is 2.07. The molecular formula is C14H21F3O4. The second-order valence-corrected chi connectivity index (χ2v) is 5.94. The highest BCUT2D eigenvalue weighted by molar-refractivity contribution is 5.87. The number of esters is 1. The number of carbonyl (C=O) groups is 1. The van der Waals surface area contributed by atoms with Gasteiger partial charge in [-0.05, 0) is 40.0 Å². The molecule has 0 radical (unpaired) electrons. The van der Waals surface area contributed by atoms with Crippen LogP contribution in [0, 0.1) is 0 Å². The molecule has 0 aliphatic heterocycles. The largest absolute Gasteiger partial charge is 0.456 e. The summed E-state index contributed by atoms with van der Waals surface area (Å²) in [5.74, 6) is -0.598. The molecule has 0 aromatic carbocycles. The first-order valence-electron chi connectivity index (χ1n) is 6.68. The fraction of sp³-hybridized carbons (Fsp3) is 0.786. The third-order valence-corrected chi connectivity index (χ3v) is 3.71. The Labute approximate surface area is 121 Å². The van der Waals surface area contributed by atoms with Crippen LogP contribution in [0.4, 0.5) is 13.2 Å². The van der Waals surface area contributed by atoms with Crippen molar-refractivity contribution in [2.75, 3.05) is 6.61 Å². The second kappa shape index (κ2) is 5.96. The van der Waals surface area contributed by atoms with E-state index in [0.29, 0.717) is 26.2 Å². The average Bonchev–Trinajstić information content (AvgIpc) is 2.68. The summed E-state index contributed by atoms with van der Waals surface area (Å²) < 4.78 is 48.4. The predicted molar refractivity (Wildman–Crippen MR) is 69.6 cm³/mol. The van der Waals surface area contributed by atoms with E-state index in [2.05, 4.69) is 6.58 Å². The predicted octanol–water partition coefficient (Wildman–Crippen LogP) is 2.75. The highest BCUT2D eigenvalue weighted by Gasteiger charge is 2.52. The number of hydrogen-bond acceptors (Lipinski definition) is 4. The van der Waals surface area contributed by atoms with Crippen molar-refractivity contribution in [2.45, 2.75) is 63.5 Å². The Morgan fingerprint density at radius 1 is 1.48 bits per heavy atom. The molecule has 1 rings (SSSR count). The van der Waals surface area contributed by atoms with E-state index in [-0.39, 0.29) is 5.57 Å². The van der Waals surface area contributed by atoms with Crippen molar-refractivity contribution < 1.29 is 32.5 Å². The number of hydrogen-bond donors (Lipinski definition) is 1. The monoisotopic (exact) mass is 310 g/mol. The van der Waals surface area contributed by atoms with Gasteiger partial charge in [0.05, 0.1) is 6.61 Å². The maximum atomic E-state index is 12.6.